The maximum absolute atomic E-state index is 12.3. The molecule has 0 aliphatic carbocycles. The van der Waals surface area contributed by atoms with Crippen molar-refractivity contribution in [1.82, 2.24) is 4.72 Å². The van der Waals surface area contributed by atoms with Crippen LogP contribution in [0.3, 0.4) is 0 Å². The summed E-state index contributed by atoms with van der Waals surface area (Å²) in [5.74, 6) is 0.0317. The van der Waals surface area contributed by atoms with Crippen molar-refractivity contribution >= 4 is 10.0 Å². The number of sulfonamides is 1. The van der Waals surface area contributed by atoms with Gasteiger partial charge in [-0.3, -0.25) is 0 Å². The molecule has 0 heterocycles. The molecule has 0 atom stereocenters. The van der Waals surface area contributed by atoms with Gasteiger partial charge >= 0.3 is 6.61 Å². The Morgan fingerprint density at radius 1 is 1.00 bits per heavy atom. The predicted molar refractivity (Wildman–Crippen MR) is 92.2 cm³/mol. The van der Waals surface area contributed by atoms with E-state index in [-0.39, 0.29) is 17.2 Å². The van der Waals surface area contributed by atoms with Gasteiger partial charge in [0.2, 0.25) is 10.0 Å². The molecule has 0 fully saturated rings. The highest BCUT2D eigenvalue weighted by Gasteiger charge is 2.13. The molecule has 2 rings (SSSR count). The number of benzene rings is 2. The van der Waals surface area contributed by atoms with Gasteiger partial charge in [0.15, 0.2) is 0 Å². The van der Waals surface area contributed by atoms with Gasteiger partial charge in [0.25, 0.3) is 0 Å². The van der Waals surface area contributed by atoms with Crippen LogP contribution in [0.25, 0.3) is 0 Å². The number of alkyl halides is 2. The summed E-state index contributed by atoms with van der Waals surface area (Å²) in [5.41, 5.74) is 1.75. The summed E-state index contributed by atoms with van der Waals surface area (Å²) >= 11 is 0. The zero-order valence-corrected chi connectivity index (χ0v) is 14.7. The molecule has 7 heteroatoms. The number of halogens is 2. The molecule has 0 aliphatic rings. The SMILES string of the molecule is CCCCc1ccc(S(=O)(=O)NCc2ccc(OC(F)F)cc2)cc1. The third-order valence-electron chi connectivity index (χ3n) is 3.67. The van der Waals surface area contributed by atoms with Crippen LogP contribution in [-0.4, -0.2) is 15.0 Å². The van der Waals surface area contributed by atoms with Crippen molar-refractivity contribution < 1.29 is 21.9 Å². The van der Waals surface area contributed by atoms with E-state index in [4.69, 9.17) is 0 Å². The van der Waals surface area contributed by atoms with E-state index in [1.807, 2.05) is 12.1 Å². The lowest BCUT2D eigenvalue weighted by atomic mass is 10.1. The molecule has 0 amide bonds. The zero-order valence-electron chi connectivity index (χ0n) is 13.9. The quantitative estimate of drug-likeness (QED) is 0.724. The van der Waals surface area contributed by atoms with Gasteiger partial charge in [0, 0.05) is 6.54 Å². The van der Waals surface area contributed by atoms with Crippen LogP contribution in [0.5, 0.6) is 5.75 Å². The van der Waals surface area contributed by atoms with Gasteiger partial charge in [-0.25, -0.2) is 13.1 Å². The van der Waals surface area contributed by atoms with E-state index >= 15 is 0 Å². The van der Waals surface area contributed by atoms with E-state index in [1.165, 1.54) is 24.3 Å². The Kier molecular flexibility index (Phi) is 6.90. The molecule has 4 nitrogen and oxygen atoms in total. The van der Waals surface area contributed by atoms with Gasteiger partial charge < -0.3 is 4.74 Å². The van der Waals surface area contributed by atoms with Gasteiger partial charge in [-0.1, -0.05) is 37.6 Å². The molecule has 0 radical (unpaired) electrons. The molecule has 2 aromatic carbocycles. The van der Waals surface area contributed by atoms with E-state index in [9.17, 15) is 17.2 Å². The topological polar surface area (TPSA) is 55.4 Å². The van der Waals surface area contributed by atoms with E-state index < -0.39 is 16.6 Å². The molecule has 0 spiro atoms. The van der Waals surface area contributed by atoms with Crippen LogP contribution in [-0.2, 0) is 23.0 Å². The molecule has 0 bridgehead atoms. The molecule has 25 heavy (non-hydrogen) atoms. The van der Waals surface area contributed by atoms with Gasteiger partial charge in [0.05, 0.1) is 4.90 Å². The number of rotatable bonds is 9. The van der Waals surface area contributed by atoms with E-state index in [1.54, 1.807) is 12.1 Å². The van der Waals surface area contributed by atoms with Crippen LogP contribution in [0, 0.1) is 0 Å². The molecule has 0 aromatic heterocycles. The molecule has 1 N–H and O–H groups in total. The summed E-state index contributed by atoms with van der Waals surface area (Å²) in [5, 5.41) is 0. The minimum Gasteiger partial charge on any atom is -0.435 e. The van der Waals surface area contributed by atoms with Crippen LogP contribution >= 0.6 is 0 Å². The lowest BCUT2D eigenvalue weighted by molar-refractivity contribution is -0.0498. The summed E-state index contributed by atoms with van der Waals surface area (Å²) in [6.45, 7) is -0.714. The Balaban J connectivity index is 1.96. The second-order valence-electron chi connectivity index (χ2n) is 5.59. The summed E-state index contributed by atoms with van der Waals surface area (Å²) < 4.78 is 55.6. The fraction of sp³-hybridized carbons (Fsp3) is 0.333. The van der Waals surface area contributed by atoms with Crippen molar-refractivity contribution in [3.05, 3.63) is 59.7 Å². The first-order chi connectivity index (χ1) is 11.9. The largest absolute Gasteiger partial charge is 0.435 e. The average molecular weight is 369 g/mol. The Hall–Kier alpha value is -1.99. The number of aryl methyl sites for hydroxylation is 1. The lowest BCUT2D eigenvalue weighted by Gasteiger charge is -2.09. The van der Waals surface area contributed by atoms with Gasteiger partial charge in [-0.2, -0.15) is 8.78 Å². The number of hydrogen-bond acceptors (Lipinski definition) is 3. The highest BCUT2D eigenvalue weighted by Crippen LogP contribution is 2.16. The second kappa shape index (κ2) is 8.92. The molecule has 136 valence electrons. The molecular formula is C18H21F2NO3S. The first-order valence-corrected chi connectivity index (χ1v) is 9.51. The second-order valence-corrected chi connectivity index (χ2v) is 7.36. The predicted octanol–water partition coefficient (Wildman–Crippen LogP) is 4.11. The van der Waals surface area contributed by atoms with Gasteiger partial charge in [0.1, 0.15) is 5.75 Å². The summed E-state index contributed by atoms with van der Waals surface area (Å²) in [4.78, 5) is 0.199. The lowest BCUT2D eigenvalue weighted by Crippen LogP contribution is -2.23. The summed E-state index contributed by atoms with van der Waals surface area (Å²) in [6, 6.07) is 12.6. The Labute approximate surface area is 146 Å². The van der Waals surface area contributed by atoms with Crippen LogP contribution in [0.4, 0.5) is 8.78 Å². The summed E-state index contributed by atoms with van der Waals surface area (Å²) in [6.07, 6.45) is 3.08. The number of nitrogens with one attached hydrogen (secondary N) is 1. The van der Waals surface area contributed by atoms with Crippen LogP contribution < -0.4 is 9.46 Å². The Bertz CT molecular complexity index is 760. The Morgan fingerprint density at radius 3 is 2.16 bits per heavy atom. The third kappa shape index (κ3) is 6.10. The van der Waals surface area contributed by atoms with Crippen molar-refractivity contribution in [3.8, 4) is 5.75 Å². The molecular weight excluding hydrogens is 348 g/mol. The normalized spacial score (nSPS) is 11.7. The molecule has 0 unspecified atom stereocenters. The molecule has 0 saturated carbocycles. The van der Waals surface area contributed by atoms with Crippen molar-refractivity contribution in [2.24, 2.45) is 0 Å². The number of unbranched alkanes of at least 4 members (excludes halogenated alkanes) is 1. The smallest absolute Gasteiger partial charge is 0.387 e. The maximum Gasteiger partial charge on any atom is 0.387 e. The minimum atomic E-state index is -3.63. The Morgan fingerprint density at radius 2 is 1.60 bits per heavy atom. The standard InChI is InChI=1S/C18H21F2NO3S/c1-2-3-4-14-7-11-17(12-8-14)25(22,23)21-13-15-5-9-16(10-6-15)24-18(19)20/h5-12,18,21H,2-4,13H2,1H3. The number of hydrogen-bond donors (Lipinski definition) is 1. The van der Waals surface area contributed by atoms with Gasteiger partial charge in [-0.15, -0.1) is 0 Å². The maximum atomic E-state index is 12.3. The van der Waals surface area contributed by atoms with Crippen LogP contribution in [0.15, 0.2) is 53.4 Å². The summed E-state index contributed by atoms with van der Waals surface area (Å²) in [7, 11) is -3.63. The van der Waals surface area contributed by atoms with Crippen molar-refractivity contribution in [3.63, 3.8) is 0 Å². The highest BCUT2D eigenvalue weighted by atomic mass is 32.2. The van der Waals surface area contributed by atoms with Crippen LogP contribution in [0.1, 0.15) is 30.9 Å². The monoisotopic (exact) mass is 369 g/mol. The minimum absolute atomic E-state index is 0.0317. The molecule has 0 saturated heterocycles. The third-order valence-corrected chi connectivity index (χ3v) is 5.08. The average Bonchev–Trinajstić information content (AvgIpc) is 2.59. The van der Waals surface area contributed by atoms with E-state index in [2.05, 4.69) is 16.4 Å². The van der Waals surface area contributed by atoms with Crippen molar-refractivity contribution in [2.75, 3.05) is 0 Å². The first-order valence-electron chi connectivity index (χ1n) is 8.03. The first kappa shape index (κ1) is 19.3. The highest BCUT2D eigenvalue weighted by molar-refractivity contribution is 7.89. The van der Waals surface area contributed by atoms with Gasteiger partial charge in [-0.05, 0) is 48.2 Å². The molecule has 2 aromatic rings. The fourth-order valence-corrected chi connectivity index (χ4v) is 3.28. The van der Waals surface area contributed by atoms with Crippen LogP contribution in [0.2, 0.25) is 0 Å². The van der Waals surface area contributed by atoms with Crippen molar-refractivity contribution in [1.29, 1.82) is 0 Å². The number of ether oxygens (including phenoxy) is 1. The zero-order chi connectivity index (χ0) is 18.3. The van der Waals surface area contributed by atoms with E-state index in [0.717, 1.165) is 24.8 Å². The van der Waals surface area contributed by atoms with Crippen molar-refractivity contribution in [2.45, 2.75) is 44.2 Å². The van der Waals surface area contributed by atoms with E-state index in [0.29, 0.717) is 5.56 Å². The molecule has 0 aliphatic heterocycles. The fourth-order valence-electron chi connectivity index (χ4n) is 2.27.